The van der Waals surface area contributed by atoms with E-state index in [0.717, 1.165) is 22.3 Å². The molecule has 0 atom stereocenters. The zero-order valence-electron chi connectivity index (χ0n) is 16.9. The van der Waals surface area contributed by atoms with Gasteiger partial charge >= 0.3 is 0 Å². The molecule has 0 bridgehead atoms. The predicted molar refractivity (Wildman–Crippen MR) is 134 cm³/mol. The molecule has 32 heavy (non-hydrogen) atoms. The second kappa shape index (κ2) is 7.83. The molecule has 5 heteroatoms. The Balaban J connectivity index is 1.43. The van der Waals surface area contributed by atoms with Crippen molar-refractivity contribution in [2.45, 2.75) is 0 Å². The zero-order valence-corrected chi connectivity index (χ0v) is 18.4. The molecule has 6 rings (SSSR count). The lowest BCUT2D eigenvalue weighted by molar-refractivity contribution is 1.07. The number of benzene rings is 4. The van der Waals surface area contributed by atoms with E-state index in [9.17, 15) is 0 Å². The fraction of sp³-hybridized carbons (Fsp3) is 0. The first-order chi connectivity index (χ1) is 15.7. The molecule has 0 unspecified atom stereocenters. The standard InChI is InChI=1S/C27H16ClN3S/c28-27-30-25(17-7-2-1-3-8-17)29-26(31-27)20-10-6-9-18(15-20)19-13-14-22-21-11-4-5-12-23(21)32-24(22)16-19/h1-16H. The minimum absolute atomic E-state index is 0.186. The Morgan fingerprint density at radius 1 is 0.500 bits per heavy atom. The summed E-state index contributed by atoms with van der Waals surface area (Å²) < 4.78 is 2.59. The average molecular weight is 450 g/mol. The number of aromatic nitrogens is 3. The molecule has 0 amide bonds. The van der Waals surface area contributed by atoms with Crippen molar-refractivity contribution in [1.82, 2.24) is 15.0 Å². The summed E-state index contributed by atoms with van der Waals surface area (Å²) >= 11 is 8.07. The van der Waals surface area contributed by atoms with Crippen LogP contribution in [0, 0.1) is 0 Å². The molecule has 152 valence electrons. The smallest absolute Gasteiger partial charge is 0.208 e. The Morgan fingerprint density at radius 2 is 1.16 bits per heavy atom. The predicted octanol–water partition coefficient (Wildman–Crippen LogP) is 7.89. The Kier molecular flexibility index (Phi) is 4.67. The van der Waals surface area contributed by atoms with Crippen molar-refractivity contribution in [2.75, 3.05) is 0 Å². The second-order valence-electron chi connectivity index (χ2n) is 7.51. The minimum atomic E-state index is 0.186. The van der Waals surface area contributed by atoms with E-state index in [2.05, 4.69) is 69.5 Å². The minimum Gasteiger partial charge on any atom is -0.208 e. The van der Waals surface area contributed by atoms with Crippen molar-refractivity contribution in [3.63, 3.8) is 0 Å². The van der Waals surface area contributed by atoms with Gasteiger partial charge in [-0.05, 0) is 40.9 Å². The molecule has 4 aromatic carbocycles. The van der Waals surface area contributed by atoms with Crippen molar-refractivity contribution in [3.05, 3.63) is 102 Å². The molecule has 2 aromatic heterocycles. The number of hydrogen-bond acceptors (Lipinski definition) is 4. The molecule has 0 aliphatic heterocycles. The van der Waals surface area contributed by atoms with Gasteiger partial charge in [0.15, 0.2) is 11.6 Å². The first kappa shape index (κ1) is 19.1. The van der Waals surface area contributed by atoms with Gasteiger partial charge in [0.05, 0.1) is 0 Å². The lowest BCUT2D eigenvalue weighted by Gasteiger charge is -2.07. The van der Waals surface area contributed by atoms with E-state index in [4.69, 9.17) is 11.6 Å². The van der Waals surface area contributed by atoms with Gasteiger partial charge in [-0.3, -0.25) is 0 Å². The van der Waals surface area contributed by atoms with Gasteiger partial charge in [0.25, 0.3) is 0 Å². The topological polar surface area (TPSA) is 38.7 Å². The van der Waals surface area contributed by atoms with Crippen LogP contribution in [0.2, 0.25) is 5.28 Å². The van der Waals surface area contributed by atoms with Crippen LogP contribution in [0.5, 0.6) is 0 Å². The number of rotatable bonds is 3. The van der Waals surface area contributed by atoms with E-state index in [1.54, 1.807) is 0 Å². The highest BCUT2D eigenvalue weighted by Crippen LogP contribution is 2.36. The highest BCUT2D eigenvalue weighted by molar-refractivity contribution is 7.25. The monoisotopic (exact) mass is 449 g/mol. The molecule has 6 aromatic rings. The lowest BCUT2D eigenvalue weighted by atomic mass is 10.0. The van der Waals surface area contributed by atoms with Crippen LogP contribution in [0.15, 0.2) is 97.1 Å². The van der Waals surface area contributed by atoms with Crippen molar-refractivity contribution in [2.24, 2.45) is 0 Å². The quantitative estimate of drug-likeness (QED) is 0.275. The van der Waals surface area contributed by atoms with Gasteiger partial charge in [-0.15, -0.1) is 11.3 Å². The molecule has 0 saturated carbocycles. The molecule has 0 spiro atoms. The number of fused-ring (bicyclic) bond motifs is 3. The molecule has 0 saturated heterocycles. The number of nitrogens with zero attached hydrogens (tertiary/aromatic N) is 3. The van der Waals surface area contributed by atoms with Gasteiger partial charge in [0.1, 0.15) is 0 Å². The molecular weight excluding hydrogens is 434 g/mol. The van der Waals surface area contributed by atoms with Crippen LogP contribution in [-0.4, -0.2) is 15.0 Å². The SMILES string of the molecule is Clc1nc(-c2ccccc2)nc(-c2cccc(-c3ccc4c(c3)sc3ccccc34)c2)n1. The first-order valence-electron chi connectivity index (χ1n) is 10.2. The summed E-state index contributed by atoms with van der Waals surface area (Å²) in [6, 6.07) is 33.2. The highest BCUT2D eigenvalue weighted by Gasteiger charge is 2.11. The Hall–Kier alpha value is -3.60. The molecule has 2 heterocycles. The van der Waals surface area contributed by atoms with Crippen molar-refractivity contribution < 1.29 is 0 Å². The third-order valence-corrected chi connectivity index (χ3v) is 6.78. The van der Waals surface area contributed by atoms with Gasteiger partial charge in [-0.2, -0.15) is 9.97 Å². The van der Waals surface area contributed by atoms with E-state index in [1.807, 2.05) is 53.8 Å². The van der Waals surface area contributed by atoms with E-state index in [1.165, 1.54) is 20.2 Å². The van der Waals surface area contributed by atoms with Crippen LogP contribution in [0.4, 0.5) is 0 Å². The van der Waals surface area contributed by atoms with E-state index in [-0.39, 0.29) is 5.28 Å². The van der Waals surface area contributed by atoms with Crippen LogP contribution < -0.4 is 0 Å². The number of halogens is 1. The summed E-state index contributed by atoms with van der Waals surface area (Å²) in [5.74, 6) is 1.13. The van der Waals surface area contributed by atoms with Crippen LogP contribution in [0.25, 0.3) is 54.1 Å². The van der Waals surface area contributed by atoms with Crippen LogP contribution >= 0.6 is 22.9 Å². The summed E-state index contributed by atoms with van der Waals surface area (Å²) in [5, 5.41) is 2.79. The Morgan fingerprint density at radius 3 is 2.03 bits per heavy atom. The van der Waals surface area contributed by atoms with E-state index < -0.39 is 0 Å². The second-order valence-corrected chi connectivity index (χ2v) is 8.93. The highest BCUT2D eigenvalue weighted by atomic mass is 35.5. The third kappa shape index (κ3) is 3.44. The van der Waals surface area contributed by atoms with Crippen molar-refractivity contribution >= 4 is 43.1 Å². The van der Waals surface area contributed by atoms with E-state index >= 15 is 0 Å². The summed E-state index contributed by atoms with van der Waals surface area (Å²) in [6.45, 7) is 0. The van der Waals surface area contributed by atoms with Gasteiger partial charge in [-0.25, -0.2) is 4.98 Å². The maximum Gasteiger partial charge on any atom is 0.226 e. The normalized spacial score (nSPS) is 11.3. The van der Waals surface area contributed by atoms with Crippen LogP contribution in [-0.2, 0) is 0 Å². The summed E-state index contributed by atoms with van der Waals surface area (Å²) in [7, 11) is 0. The fourth-order valence-electron chi connectivity index (χ4n) is 3.94. The van der Waals surface area contributed by atoms with Gasteiger partial charge < -0.3 is 0 Å². The lowest BCUT2D eigenvalue weighted by Crippen LogP contribution is -1.97. The zero-order chi connectivity index (χ0) is 21.5. The van der Waals surface area contributed by atoms with Crippen molar-refractivity contribution in [1.29, 1.82) is 0 Å². The maximum absolute atomic E-state index is 6.25. The molecule has 0 aliphatic rings. The largest absolute Gasteiger partial charge is 0.226 e. The van der Waals surface area contributed by atoms with Gasteiger partial charge in [0, 0.05) is 31.3 Å². The molecule has 0 aliphatic carbocycles. The first-order valence-corrected chi connectivity index (χ1v) is 11.4. The summed E-state index contributed by atoms with van der Waals surface area (Å²) in [4.78, 5) is 13.4. The molecule has 0 N–H and O–H groups in total. The summed E-state index contributed by atoms with van der Waals surface area (Å²) in [5.41, 5.74) is 4.08. The molecule has 0 radical (unpaired) electrons. The van der Waals surface area contributed by atoms with Gasteiger partial charge in [-0.1, -0.05) is 78.9 Å². The fourth-order valence-corrected chi connectivity index (χ4v) is 5.24. The maximum atomic E-state index is 6.25. The average Bonchev–Trinajstić information content (AvgIpc) is 3.22. The van der Waals surface area contributed by atoms with E-state index in [0.29, 0.717) is 11.6 Å². The number of thiophene rings is 1. The number of hydrogen-bond donors (Lipinski definition) is 0. The summed E-state index contributed by atoms with van der Waals surface area (Å²) in [6.07, 6.45) is 0. The third-order valence-electron chi connectivity index (χ3n) is 5.47. The van der Waals surface area contributed by atoms with Gasteiger partial charge in [0.2, 0.25) is 5.28 Å². The van der Waals surface area contributed by atoms with Crippen LogP contribution in [0.3, 0.4) is 0 Å². The Labute approximate surface area is 194 Å². The van der Waals surface area contributed by atoms with Crippen molar-refractivity contribution in [3.8, 4) is 33.9 Å². The Bertz CT molecular complexity index is 1590. The molecule has 0 fully saturated rings. The molecule has 3 nitrogen and oxygen atoms in total. The van der Waals surface area contributed by atoms with Crippen LogP contribution in [0.1, 0.15) is 0 Å². The molecular formula is C27H16ClN3S.